The van der Waals surface area contributed by atoms with E-state index < -0.39 is 0 Å². The van der Waals surface area contributed by atoms with Gasteiger partial charge in [0.2, 0.25) is 5.91 Å². The van der Waals surface area contributed by atoms with Gasteiger partial charge in [-0.3, -0.25) is 9.59 Å². The predicted octanol–water partition coefficient (Wildman–Crippen LogP) is 6.77. The molecule has 0 bridgehead atoms. The van der Waals surface area contributed by atoms with Crippen LogP contribution in [-0.2, 0) is 16.0 Å². The molecule has 0 N–H and O–H groups in total. The highest BCUT2D eigenvalue weighted by Crippen LogP contribution is 2.39. The van der Waals surface area contributed by atoms with Crippen LogP contribution < -0.4 is 0 Å². The van der Waals surface area contributed by atoms with Gasteiger partial charge in [0.1, 0.15) is 6.54 Å². The van der Waals surface area contributed by atoms with E-state index in [0.717, 1.165) is 28.7 Å². The first-order valence-corrected chi connectivity index (χ1v) is 14.9. The Balaban J connectivity index is 1.38. The van der Waals surface area contributed by atoms with E-state index in [1.807, 2.05) is 66.4 Å². The molecule has 0 aliphatic carbocycles. The topological polar surface area (TPSA) is 49.9 Å². The van der Waals surface area contributed by atoms with Gasteiger partial charge in [-0.1, -0.05) is 66.7 Å². The second kappa shape index (κ2) is 13.1. The highest BCUT2D eigenvalue weighted by atomic mass is 32.1. The van der Waals surface area contributed by atoms with Crippen molar-refractivity contribution in [3.63, 3.8) is 0 Å². The lowest BCUT2D eigenvalue weighted by Gasteiger charge is -2.38. The van der Waals surface area contributed by atoms with Gasteiger partial charge in [-0.05, 0) is 78.1 Å². The normalized spacial score (nSPS) is 14.6. The summed E-state index contributed by atoms with van der Waals surface area (Å²) in [6, 6.07) is 28.1. The van der Waals surface area contributed by atoms with E-state index in [1.165, 1.54) is 10.4 Å². The van der Waals surface area contributed by atoms with Gasteiger partial charge in [0.15, 0.2) is 0 Å². The first-order valence-electron chi connectivity index (χ1n) is 14.0. The zero-order valence-electron chi connectivity index (χ0n) is 23.2. The molecule has 1 atom stereocenters. The Morgan fingerprint density at radius 3 is 2.40 bits per heavy atom. The summed E-state index contributed by atoms with van der Waals surface area (Å²) >= 11 is 1.76. The fourth-order valence-electron chi connectivity index (χ4n) is 5.44. The molecule has 6 heteroatoms. The summed E-state index contributed by atoms with van der Waals surface area (Å²) in [6.07, 6.45) is 1.51. The molecule has 206 valence electrons. The molecule has 3 aromatic carbocycles. The molecule has 1 aliphatic rings. The van der Waals surface area contributed by atoms with Crippen LogP contribution in [0, 0.1) is 6.92 Å². The molecule has 5 rings (SSSR count). The molecule has 0 radical (unpaired) electrons. The highest BCUT2D eigenvalue weighted by Gasteiger charge is 2.34. The zero-order valence-corrected chi connectivity index (χ0v) is 24.0. The molecule has 4 aromatic rings. The van der Waals surface area contributed by atoms with Gasteiger partial charge in [-0.25, -0.2) is 0 Å². The van der Waals surface area contributed by atoms with Crippen LogP contribution in [0.5, 0.6) is 0 Å². The van der Waals surface area contributed by atoms with Gasteiger partial charge in [-0.15, -0.1) is 11.3 Å². The van der Waals surface area contributed by atoms with Crippen molar-refractivity contribution in [1.82, 2.24) is 9.80 Å². The summed E-state index contributed by atoms with van der Waals surface area (Å²) in [5.41, 5.74) is 6.23. The first-order chi connectivity index (χ1) is 19.6. The summed E-state index contributed by atoms with van der Waals surface area (Å²) in [4.78, 5) is 32.8. The number of amides is 2. The van der Waals surface area contributed by atoms with Crippen molar-refractivity contribution >= 4 is 23.2 Å². The Bertz CT molecular complexity index is 1430. The van der Waals surface area contributed by atoms with Crippen molar-refractivity contribution in [2.45, 2.75) is 32.7 Å². The highest BCUT2D eigenvalue weighted by molar-refractivity contribution is 7.10. The predicted molar refractivity (Wildman–Crippen MR) is 162 cm³/mol. The summed E-state index contributed by atoms with van der Waals surface area (Å²) in [7, 11) is 0. The second-order valence-electron chi connectivity index (χ2n) is 10.1. The smallest absolute Gasteiger partial charge is 0.254 e. The number of hydrogen-bond donors (Lipinski definition) is 0. The SMILES string of the molecule is CCOCCCN(CC(=O)N1CCc2sccc2C1c1ccccc1C)C(=O)c1ccc(-c2ccccc2)cc1. The van der Waals surface area contributed by atoms with Gasteiger partial charge in [0, 0.05) is 36.7 Å². The third kappa shape index (κ3) is 6.19. The number of rotatable bonds is 10. The van der Waals surface area contributed by atoms with Crippen molar-refractivity contribution in [3.05, 3.63) is 117 Å². The number of aryl methyl sites for hydroxylation is 1. The van der Waals surface area contributed by atoms with Crippen molar-refractivity contribution in [1.29, 1.82) is 0 Å². The van der Waals surface area contributed by atoms with E-state index in [-0.39, 0.29) is 24.4 Å². The standard InChI is InChI=1S/C34H36N2O3S/c1-3-39-22-9-20-35(34(38)28-16-14-27(15-17-28)26-11-5-4-6-12-26)24-32(37)36-21-18-31-30(19-23-40-31)33(36)29-13-8-7-10-25(29)2/h4-8,10-17,19,23,33H,3,9,18,20-22,24H2,1-2H3. The number of nitrogens with zero attached hydrogens (tertiary/aromatic N) is 2. The van der Waals surface area contributed by atoms with Crippen LogP contribution in [0.3, 0.4) is 0 Å². The molecule has 1 aliphatic heterocycles. The van der Waals surface area contributed by atoms with Crippen LogP contribution in [0.25, 0.3) is 11.1 Å². The van der Waals surface area contributed by atoms with E-state index >= 15 is 0 Å². The summed E-state index contributed by atoms with van der Waals surface area (Å²) < 4.78 is 5.54. The molecule has 0 fully saturated rings. The third-order valence-electron chi connectivity index (χ3n) is 7.54. The Hall–Kier alpha value is -3.74. The lowest BCUT2D eigenvalue weighted by molar-refractivity contribution is -0.134. The minimum Gasteiger partial charge on any atom is -0.382 e. The Morgan fingerprint density at radius 2 is 1.65 bits per heavy atom. The van der Waals surface area contributed by atoms with Crippen LogP contribution >= 0.6 is 11.3 Å². The van der Waals surface area contributed by atoms with Crippen molar-refractivity contribution < 1.29 is 14.3 Å². The molecule has 0 saturated carbocycles. The fraction of sp³-hybridized carbons (Fsp3) is 0.294. The van der Waals surface area contributed by atoms with Gasteiger partial charge in [0.25, 0.3) is 5.91 Å². The molecule has 2 amide bonds. The number of benzene rings is 3. The van der Waals surface area contributed by atoms with Crippen LogP contribution in [0.15, 0.2) is 90.3 Å². The maximum Gasteiger partial charge on any atom is 0.254 e. The summed E-state index contributed by atoms with van der Waals surface area (Å²) in [5.74, 6) is -0.166. The number of carbonyl (C=O) groups excluding carboxylic acids is 2. The Kier molecular flexibility index (Phi) is 9.09. The minimum atomic E-state index is -0.144. The molecular weight excluding hydrogens is 516 g/mol. The second-order valence-corrected chi connectivity index (χ2v) is 11.1. The van der Waals surface area contributed by atoms with Crippen LogP contribution in [-0.4, -0.2) is 54.5 Å². The fourth-order valence-corrected chi connectivity index (χ4v) is 6.34. The first kappa shape index (κ1) is 27.8. The van der Waals surface area contributed by atoms with E-state index in [1.54, 1.807) is 16.2 Å². The van der Waals surface area contributed by atoms with E-state index in [0.29, 0.717) is 38.3 Å². The number of thiophene rings is 1. The molecule has 1 unspecified atom stereocenters. The minimum absolute atomic E-state index is 0.0317. The lowest BCUT2D eigenvalue weighted by Crippen LogP contribution is -2.47. The molecule has 0 saturated heterocycles. The molecule has 40 heavy (non-hydrogen) atoms. The Labute approximate surface area is 241 Å². The number of fused-ring (bicyclic) bond motifs is 1. The lowest BCUT2D eigenvalue weighted by atomic mass is 9.90. The van der Waals surface area contributed by atoms with Gasteiger partial charge < -0.3 is 14.5 Å². The molecule has 2 heterocycles. The quantitative estimate of drug-likeness (QED) is 0.204. The zero-order chi connectivity index (χ0) is 27.9. The molecule has 1 aromatic heterocycles. The average Bonchev–Trinajstić information content (AvgIpc) is 3.48. The van der Waals surface area contributed by atoms with Crippen molar-refractivity contribution in [2.24, 2.45) is 0 Å². The average molecular weight is 553 g/mol. The van der Waals surface area contributed by atoms with Crippen LogP contribution in [0.1, 0.15) is 51.3 Å². The monoisotopic (exact) mass is 552 g/mol. The third-order valence-corrected chi connectivity index (χ3v) is 8.54. The van der Waals surface area contributed by atoms with E-state index in [9.17, 15) is 9.59 Å². The van der Waals surface area contributed by atoms with Crippen molar-refractivity contribution in [3.8, 4) is 11.1 Å². The summed E-state index contributed by atoms with van der Waals surface area (Å²) in [6.45, 7) is 6.36. The van der Waals surface area contributed by atoms with Gasteiger partial charge >= 0.3 is 0 Å². The number of ether oxygens (including phenoxy) is 1. The Morgan fingerprint density at radius 1 is 0.925 bits per heavy atom. The van der Waals surface area contributed by atoms with Gasteiger partial charge in [0.05, 0.1) is 6.04 Å². The largest absolute Gasteiger partial charge is 0.382 e. The number of hydrogen-bond acceptors (Lipinski definition) is 4. The molecule has 5 nitrogen and oxygen atoms in total. The van der Waals surface area contributed by atoms with E-state index in [4.69, 9.17) is 4.74 Å². The maximum absolute atomic E-state index is 14.0. The van der Waals surface area contributed by atoms with E-state index in [2.05, 4.69) is 42.6 Å². The van der Waals surface area contributed by atoms with Crippen molar-refractivity contribution in [2.75, 3.05) is 32.8 Å². The molecule has 0 spiro atoms. The molecular formula is C34H36N2O3S. The maximum atomic E-state index is 14.0. The van der Waals surface area contributed by atoms with Crippen LogP contribution in [0.4, 0.5) is 0 Å². The number of carbonyl (C=O) groups is 2. The van der Waals surface area contributed by atoms with Crippen LogP contribution in [0.2, 0.25) is 0 Å². The van der Waals surface area contributed by atoms with Gasteiger partial charge in [-0.2, -0.15) is 0 Å². The summed E-state index contributed by atoms with van der Waals surface area (Å²) in [5, 5.41) is 2.12.